The smallest absolute Gasteiger partial charge is 0.238 e. The maximum Gasteiger partial charge on any atom is 0.238 e. The highest BCUT2D eigenvalue weighted by Crippen LogP contribution is 2.38. The van der Waals surface area contributed by atoms with E-state index in [0.29, 0.717) is 15.7 Å². The average molecular weight is 411 g/mol. The maximum absolute atomic E-state index is 12.8. The summed E-state index contributed by atoms with van der Waals surface area (Å²) >= 11 is 2.81. The van der Waals surface area contributed by atoms with Crippen LogP contribution in [-0.2, 0) is 17.6 Å². The van der Waals surface area contributed by atoms with Crippen LogP contribution in [-0.4, -0.2) is 31.4 Å². The van der Waals surface area contributed by atoms with Crippen molar-refractivity contribution < 1.29 is 4.79 Å². The number of hydrogen-bond acceptors (Lipinski definition) is 7. The summed E-state index contributed by atoms with van der Waals surface area (Å²) in [5, 5.41) is 25.1. The number of anilines is 1. The van der Waals surface area contributed by atoms with Crippen molar-refractivity contribution in [3.8, 4) is 11.8 Å². The summed E-state index contributed by atoms with van der Waals surface area (Å²) in [6.45, 7) is 1.81. The van der Waals surface area contributed by atoms with Crippen LogP contribution < -0.4 is 5.32 Å². The van der Waals surface area contributed by atoms with E-state index in [0.717, 1.165) is 36.9 Å². The van der Waals surface area contributed by atoms with E-state index in [2.05, 4.69) is 26.9 Å². The number of aryl methyl sites for hydroxylation is 1. The molecule has 142 valence electrons. The summed E-state index contributed by atoms with van der Waals surface area (Å²) in [5.74, 6) is -0.164. The van der Waals surface area contributed by atoms with Crippen molar-refractivity contribution in [2.24, 2.45) is 0 Å². The van der Waals surface area contributed by atoms with Gasteiger partial charge in [0.15, 0.2) is 0 Å². The molecule has 0 fully saturated rings. The summed E-state index contributed by atoms with van der Waals surface area (Å²) in [7, 11) is 0. The van der Waals surface area contributed by atoms with Crippen molar-refractivity contribution in [1.82, 2.24) is 20.2 Å². The fourth-order valence-corrected chi connectivity index (χ4v) is 5.23. The zero-order chi connectivity index (χ0) is 19.5. The fraction of sp³-hybridized carbons (Fsp3) is 0.316. The van der Waals surface area contributed by atoms with Crippen molar-refractivity contribution in [3.05, 3.63) is 46.3 Å². The first-order valence-electron chi connectivity index (χ1n) is 9.03. The second kappa shape index (κ2) is 8.12. The van der Waals surface area contributed by atoms with Gasteiger partial charge < -0.3 is 5.32 Å². The highest BCUT2D eigenvalue weighted by atomic mass is 32.2. The van der Waals surface area contributed by atoms with Crippen LogP contribution >= 0.6 is 23.1 Å². The number of aromatic nitrogens is 4. The molecule has 1 N–H and O–H groups in total. The van der Waals surface area contributed by atoms with E-state index in [1.54, 1.807) is 4.68 Å². The van der Waals surface area contributed by atoms with Crippen molar-refractivity contribution in [3.63, 3.8) is 0 Å². The largest absolute Gasteiger partial charge is 0.316 e. The minimum Gasteiger partial charge on any atom is -0.316 e. The van der Waals surface area contributed by atoms with Crippen molar-refractivity contribution in [2.45, 2.75) is 43.0 Å². The molecule has 1 aliphatic carbocycles. The van der Waals surface area contributed by atoms with E-state index in [1.807, 2.05) is 37.3 Å². The van der Waals surface area contributed by atoms with Gasteiger partial charge in [0.1, 0.15) is 11.1 Å². The minimum absolute atomic E-state index is 0.164. The third-order valence-corrected chi connectivity index (χ3v) is 6.85. The Bertz CT molecular complexity index is 1040. The number of carbonyl (C=O) groups is 1. The number of rotatable bonds is 5. The topological polar surface area (TPSA) is 96.5 Å². The SMILES string of the molecule is CC(Sc1nnnn1-c1ccccc1)C(=O)Nc1sc2c(c1C#N)CCCC2. The Morgan fingerprint density at radius 3 is 2.89 bits per heavy atom. The van der Waals surface area contributed by atoms with Gasteiger partial charge >= 0.3 is 0 Å². The number of para-hydroxylation sites is 1. The van der Waals surface area contributed by atoms with Gasteiger partial charge in [-0.15, -0.1) is 16.4 Å². The van der Waals surface area contributed by atoms with Crippen LogP contribution in [0.25, 0.3) is 5.69 Å². The lowest BCUT2D eigenvalue weighted by Crippen LogP contribution is -2.23. The molecule has 0 spiro atoms. The van der Waals surface area contributed by atoms with E-state index in [4.69, 9.17) is 0 Å². The summed E-state index contributed by atoms with van der Waals surface area (Å²) in [4.78, 5) is 14.0. The second-order valence-corrected chi connectivity index (χ2v) is 8.90. The Morgan fingerprint density at radius 1 is 1.32 bits per heavy atom. The van der Waals surface area contributed by atoms with E-state index < -0.39 is 5.25 Å². The molecule has 2 aromatic heterocycles. The lowest BCUT2D eigenvalue weighted by atomic mass is 9.96. The molecule has 0 bridgehead atoms. The third kappa shape index (κ3) is 3.66. The van der Waals surface area contributed by atoms with Gasteiger partial charge in [0.2, 0.25) is 11.1 Å². The maximum atomic E-state index is 12.8. The summed E-state index contributed by atoms with van der Waals surface area (Å²) in [6.07, 6.45) is 4.14. The van der Waals surface area contributed by atoms with E-state index >= 15 is 0 Å². The van der Waals surface area contributed by atoms with Gasteiger partial charge in [0.25, 0.3) is 0 Å². The monoisotopic (exact) mass is 410 g/mol. The molecule has 1 aromatic carbocycles. The van der Waals surface area contributed by atoms with Crippen LogP contribution in [0, 0.1) is 11.3 Å². The molecule has 0 saturated carbocycles. The van der Waals surface area contributed by atoms with Crippen LogP contribution in [0.5, 0.6) is 0 Å². The van der Waals surface area contributed by atoms with Crippen molar-refractivity contribution >= 4 is 34.0 Å². The molecule has 1 aliphatic rings. The predicted molar refractivity (Wildman–Crippen MR) is 109 cm³/mol. The van der Waals surface area contributed by atoms with Gasteiger partial charge in [0, 0.05) is 4.88 Å². The first kappa shape index (κ1) is 18.7. The summed E-state index contributed by atoms with van der Waals surface area (Å²) in [5.41, 5.74) is 2.57. The predicted octanol–water partition coefficient (Wildman–Crippen LogP) is 3.59. The second-order valence-electron chi connectivity index (χ2n) is 6.48. The quantitative estimate of drug-likeness (QED) is 0.646. The highest BCUT2D eigenvalue weighted by Gasteiger charge is 2.24. The molecule has 0 aliphatic heterocycles. The third-order valence-electron chi connectivity index (χ3n) is 4.61. The fourth-order valence-electron chi connectivity index (χ4n) is 3.18. The normalized spacial score (nSPS) is 14.1. The number of carbonyl (C=O) groups excluding carboxylic acids is 1. The molecule has 9 heteroatoms. The molecule has 1 unspecified atom stereocenters. The number of hydrogen-bond donors (Lipinski definition) is 1. The molecule has 4 rings (SSSR count). The zero-order valence-corrected chi connectivity index (χ0v) is 16.9. The van der Waals surface area contributed by atoms with Gasteiger partial charge in [-0.1, -0.05) is 30.0 Å². The molecule has 1 amide bonds. The van der Waals surface area contributed by atoms with Gasteiger partial charge in [-0.2, -0.15) is 9.94 Å². The zero-order valence-electron chi connectivity index (χ0n) is 15.3. The van der Waals surface area contributed by atoms with E-state index in [9.17, 15) is 10.1 Å². The molecular formula is C19H18N6OS2. The number of amides is 1. The molecule has 1 atom stereocenters. The molecule has 2 heterocycles. The van der Waals surface area contributed by atoms with Crippen molar-refractivity contribution in [1.29, 1.82) is 5.26 Å². The summed E-state index contributed by atoms with van der Waals surface area (Å²) in [6, 6.07) is 11.8. The van der Waals surface area contributed by atoms with E-state index in [-0.39, 0.29) is 5.91 Å². The first-order valence-corrected chi connectivity index (χ1v) is 10.7. The van der Waals surface area contributed by atoms with Crippen LogP contribution in [0.4, 0.5) is 5.00 Å². The van der Waals surface area contributed by atoms with Crippen LogP contribution in [0.15, 0.2) is 35.5 Å². The number of thiophene rings is 1. The Morgan fingerprint density at radius 2 is 2.11 bits per heavy atom. The molecule has 3 aromatic rings. The average Bonchev–Trinajstić information content (AvgIpc) is 3.32. The molecular weight excluding hydrogens is 392 g/mol. The number of nitrogens with one attached hydrogen (secondary N) is 1. The molecule has 28 heavy (non-hydrogen) atoms. The number of fused-ring (bicyclic) bond motifs is 1. The number of thioether (sulfide) groups is 1. The Labute approximate surface area is 170 Å². The Balaban J connectivity index is 1.49. The van der Waals surface area contributed by atoms with Crippen molar-refractivity contribution in [2.75, 3.05) is 5.32 Å². The van der Waals surface area contributed by atoms with Crippen LogP contribution in [0.3, 0.4) is 0 Å². The Kier molecular flexibility index (Phi) is 5.41. The van der Waals surface area contributed by atoms with Crippen LogP contribution in [0.1, 0.15) is 35.8 Å². The molecule has 0 saturated heterocycles. The number of benzene rings is 1. The Hall–Kier alpha value is -2.70. The lowest BCUT2D eigenvalue weighted by molar-refractivity contribution is -0.115. The number of tetrazole rings is 1. The van der Waals surface area contributed by atoms with Crippen LogP contribution in [0.2, 0.25) is 0 Å². The number of nitriles is 1. The molecule has 7 nitrogen and oxygen atoms in total. The van der Waals surface area contributed by atoms with Gasteiger partial charge in [0.05, 0.1) is 16.5 Å². The van der Waals surface area contributed by atoms with Gasteiger partial charge in [-0.3, -0.25) is 4.79 Å². The standard InChI is InChI=1S/C19H18N6OS2/c1-12(27-19-22-23-24-25(19)13-7-3-2-4-8-13)17(26)21-18-15(11-20)14-9-5-6-10-16(14)28-18/h2-4,7-8,12H,5-6,9-10H2,1H3,(H,21,26). The van der Waals surface area contributed by atoms with Gasteiger partial charge in [-0.05, 0) is 60.7 Å². The summed E-state index contributed by atoms with van der Waals surface area (Å²) < 4.78 is 1.61. The lowest BCUT2D eigenvalue weighted by Gasteiger charge is -2.11. The highest BCUT2D eigenvalue weighted by molar-refractivity contribution is 8.00. The van der Waals surface area contributed by atoms with Gasteiger partial charge in [-0.25, -0.2) is 0 Å². The number of nitrogens with zero attached hydrogens (tertiary/aromatic N) is 5. The minimum atomic E-state index is -0.417. The first-order chi connectivity index (χ1) is 13.7. The van der Waals surface area contributed by atoms with E-state index in [1.165, 1.54) is 28.0 Å². The molecule has 0 radical (unpaired) electrons.